The fraction of sp³-hybridized carbons (Fsp3) is 1.00. The van der Waals surface area contributed by atoms with Gasteiger partial charge in [-0.2, -0.15) is 0 Å². The fourth-order valence-corrected chi connectivity index (χ4v) is 3.59. The van der Waals surface area contributed by atoms with E-state index in [2.05, 4.69) is 8.15 Å². The van der Waals surface area contributed by atoms with Gasteiger partial charge in [0.15, 0.2) is 0 Å². The molecule has 0 aliphatic rings. The van der Waals surface area contributed by atoms with Crippen molar-refractivity contribution in [3.63, 3.8) is 0 Å². The number of hydrogen-bond donors (Lipinski definition) is 1. The monoisotopic (exact) mass is 251 g/mol. The molecule has 13 heavy (non-hydrogen) atoms. The first-order valence-electron chi connectivity index (χ1n) is 3.99. The van der Waals surface area contributed by atoms with Gasteiger partial charge in [-0.05, 0) is 0 Å². The minimum atomic E-state index is -3.59. The van der Waals surface area contributed by atoms with Crippen LogP contribution in [0.5, 0.6) is 0 Å². The predicted octanol–water partition coefficient (Wildman–Crippen LogP) is 2.85. The van der Waals surface area contributed by atoms with Gasteiger partial charge in [-0.3, -0.25) is 0 Å². The second kappa shape index (κ2) is 5.66. The van der Waals surface area contributed by atoms with Crippen LogP contribution in [0.25, 0.3) is 0 Å². The van der Waals surface area contributed by atoms with Gasteiger partial charge in [-0.1, -0.05) is 0 Å². The Bertz CT molecular complexity index is 147. The molecular weight excluding hydrogens is 236 g/mol. The summed E-state index contributed by atoms with van der Waals surface area (Å²) in [5, 5.41) is 0. The summed E-state index contributed by atoms with van der Waals surface area (Å²) in [7, 11) is -3.59. The molecule has 0 saturated heterocycles. The summed E-state index contributed by atoms with van der Waals surface area (Å²) in [4.78, 5) is 9.79. The van der Waals surface area contributed by atoms with E-state index in [4.69, 9.17) is 23.7 Å². The van der Waals surface area contributed by atoms with Crippen molar-refractivity contribution < 1.29 is 13.0 Å². The van der Waals surface area contributed by atoms with E-state index in [1.54, 1.807) is 4.67 Å². The molecule has 0 radical (unpaired) electrons. The SMILES string of the molecule is CC(C)N(C(C)C)[PH](O)(OCl)OCl. The molecule has 0 aliphatic carbocycles. The molecule has 0 unspecified atom stereocenters. The van der Waals surface area contributed by atoms with E-state index < -0.39 is 8.09 Å². The van der Waals surface area contributed by atoms with Gasteiger partial charge in [0.05, 0.1) is 0 Å². The Balaban J connectivity index is 4.69. The van der Waals surface area contributed by atoms with Crippen LogP contribution in [0.3, 0.4) is 0 Å². The topological polar surface area (TPSA) is 41.9 Å². The molecule has 7 heteroatoms. The number of halogens is 2. The summed E-state index contributed by atoms with van der Waals surface area (Å²) in [5.74, 6) is 0. The van der Waals surface area contributed by atoms with Gasteiger partial charge in [-0.25, -0.2) is 0 Å². The van der Waals surface area contributed by atoms with Crippen molar-refractivity contribution >= 4 is 31.8 Å². The van der Waals surface area contributed by atoms with Gasteiger partial charge in [0, 0.05) is 0 Å². The average Bonchev–Trinajstić information content (AvgIpc) is 2.02. The second-order valence-electron chi connectivity index (χ2n) is 3.30. The van der Waals surface area contributed by atoms with E-state index in [1.807, 2.05) is 27.7 Å². The molecule has 0 aliphatic heterocycles. The molecule has 0 aromatic rings. The third kappa shape index (κ3) is 3.48. The zero-order valence-corrected chi connectivity index (χ0v) is 10.6. The number of nitrogens with zero attached hydrogens (tertiary/aromatic N) is 1. The van der Waals surface area contributed by atoms with Crippen molar-refractivity contribution in [1.82, 2.24) is 4.67 Å². The van der Waals surface area contributed by atoms with Crippen LogP contribution in [0.15, 0.2) is 0 Å². The molecule has 0 heterocycles. The van der Waals surface area contributed by atoms with Crippen LogP contribution in [-0.2, 0) is 8.15 Å². The molecule has 0 saturated carbocycles. The Morgan fingerprint density at radius 2 is 1.38 bits per heavy atom. The van der Waals surface area contributed by atoms with Crippen molar-refractivity contribution in [3.05, 3.63) is 0 Å². The van der Waals surface area contributed by atoms with Crippen LogP contribution < -0.4 is 0 Å². The Morgan fingerprint density at radius 1 is 1.08 bits per heavy atom. The number of rotatable bonds is 5. The molecule has 1 N–H and O–H groups in total. The van der Waals surface area contributed by atoms with Crippen molar-refractivity contribution in [2.45, 2.75) is 39.8 Å². The van der Waals surface area contributed by atoms with Crippen LogP contribution in [0.4, 0.5) is 0 Å². The van der Waals surface area contributed by atoms with Gasteiger partial charge < -0.3 is 0 Å². The Hall–Kier alpha value is 0.850. The van der Waals surface area contributed by atoms with Crippen molar-refractivity contribution in [3.8, 4) is 0 Å². The maximum absolute atomic E-state index is 9.79. The number of hydrogen-bond acceptors (Lipinski definition) is 4. The van der Waals surface area contributed by atoms with E-state index in [1.165, 1.54) is 0 Å². The third-order valence-corrected chi connectivity index (χ3v) is 4.93. The standard InChI is InChI=1S/C6H16Cl2NO3P/c1-5(2)9(6(3)4)13(10,11-7)12-8/h5-6,10,13H,1-4H3. The molecule has 0 rings (SSSR count). The van der Waals surface area contributed by atoms with E-state index in [0.29, 0.717) is 0 Å². The van der Waals surface area contributed by atoms with Gasteiger partial charge in [0.25, 0.3) is 0 Å². The van der Waals surface area contributed by atoms with E-state index in [9.17, 15) is 4.89 Å². The maximum atomic E-state index is 9.79. The summed E-state index contributed by atoms with van der Waals surface area (Å²) in [6, 6.07) is 0.0725. The summed E-state index contributed by atoms with van der Waals surface area (Å²) in [6.45, 7) is 7.57. The quantitative estimate of drug-likeness (QED) is 0.764. The summed E-state index contributed by atoms with van der Waals surface area (Å²) < 4.78 is 10.4. The molecule has 82 valence electrons. The van der Waals surface area contributed by atoms with Crippen LogP contribution >= 0.6 is 31.8 Å². The first-order chi connectivity index (χ1) is 5.89. The van der Waals surface area contributed by atoms with Crippen molar-refractivity contribution in [2.24, 2.45) is 0 Å². The third-order valence-electron chi connectivity index (χ3n) is 1.64. The van der Waals surface area contributed by atoms with Crippen LogP contribution in [0.1, 0.15) is 27.7 Å². The first kappa shape index (κ1) is 13.8. The summed E-state index contributed by atoms with van der Waals surface area (Å²) in [6.07, 6.45) is 0. The van der Waals surface area contributed by atoms with E-state index in [0.717, 1.165) is 0 Å². The summed E-state index contributed by atoms with van der Waals surface area (Å²) >= 11 is 10.3. The summed E-state index contributed by atoms with van der Waals surface area (Å²) in [5.41, 5.74) is 0. The van der Waals surface area contributed by atoms with Gasteiger partial charge in [0.2, 0.25) is 0 Å². The molecule has 0 aromatic heterocycles. The van der Waals surface area contributed by atoms with Crippen LogP contribution in [0.2, 0.25) is 0 Å². The molecule has 0 atom stereocenters. The molecule has 0 bridgehead atoms. The van der Waals surface area contributed by atoms with Crippen molar-refractivity contribution in [1.29, 1.82) is 0 Å². The van der Waals surface area contributed by atoms with Crippen LogP contribution in [-0.4, -0.2) is 21.6 Å². The second-order valence-corrected chi connectivity index (χ2v) is 6.15. The van der Waals surface area contributed by atoms with Crippen molar-refractivity contribution in [2.75, 3.05) is 0 Å². The van der Waals surface area contributed by atoms with Gasteiger partial charge in [-0.15, -0.1) is 0 Å². The predicted molar refractivity (Wildman–Crippen MR) is 56.5 cm³/mol. The fourth-order valence-electron chi connectivity index (χ4n) is 1.34. The molecule has 0 amide bonds. The van der Waals surface area contributed by atoms with Gasteiger partial charge in [0.1, 0.15) is 0 Å². The minimum absolute atomic E-state index is 0.0363. The molecule has 0 aromatic carbocycles. The van der Waals surface area contributed by atoms with E-state index in [-0.39, 0.29) is 12.1 Å². The normalized spacial score (nSPS) is 14.6. The molecule has 4 nitrogen and oxygen atoms in total. The Kier molecular flexibility index (Phi) is 6.03. The van der Waals surface area contributed by atoms with Gasteiger partial charge >= 0.3 is 89.3 Å². The van der Waals surface area contributed by atoms with Crippen LogP contribution in [0, 0.1) is 0 Å². The zero-order valence-electron chi connectivity index (χ0n) is 8.12. The Morgan fingerprint density at radius 3 is 1.46 bits per heavy atom. The zero-order chi connectivity index (χ0) is 10.6. The van der Waals surface area contributed by atoms with E-state index >= 15 is 0 Å². The average molecular weight is 252 g/mol. The molecule has 0 fully saturated rings. The molecular formula is C6H16Cl2NO3P. The molecule has 0 spiro atoms. The Labute approximate surface area is 89.7 Å². The first-order valence-corrected chi connectivity index (χ1v) is 6.32.